The van der Waals surface area contributed by atoms with Crippen molar-refractivity contribution in [3.63, 3.8) is 0 Å². The molecule has 0 aromatic carbocycles. The summed E-state index contributed by atoms with van der Waals surface area (Å²) in [6, 6.07) is 0. The molecule has 140 valence electrons. The number of hydrogen-bond acceptors (Lipinski definition) is 6. The van der Waals surface area contributed by atoms with Crippen molar-refractivity contribution in [1.29, 1.82) is 5.41 Å². The summed E-state index contributed by atoms with van der Waals surface area (Å²) in [4.78, 5) is 8.43. The van der Waals surface area contributed by atoms with Crippen LogP contribution < -0.4 is 22.1 Å². The number of aliphatic imine (C=N–C) groups is 2. The molecule has 0 saturated carbocycles. The lowest BCUT2D eigenvalue weighted by Gasteiger charge is -2.23. The zero-order valence-corrected chi connectivity index (χ0v) is 15.8. The molecular weight excluding hydrogens is 338 g/mol. The van der Waals surface area contributed by atoms with Crippen LogP contribution in [0, 0.1) is 5.41 Å². The summed E-state index contributed by atoms with van der Waals surface area (Å²) in [7, 11) is 1.70. The fourth-order valence-corrected chi connectivity index (χ4v) is 2.46. The highest BCUT2D eigenvalue weighted by Crippen LogP contribution is 2.23. The van der Waals surface area contributed by atoms with Gasteiger partial charge in [-0.15, -0.1) is 0 Å². The van der Waals surface area contributed by atoms with Gasteiger partial charge < -0.3 is 27.5 Å². The standard InChI is InChI=1S/C20H25N7/c1-12(2)14(9-21)8-19(23)27-20-6-5-17-18(26-20)7-15(10-25-17)16(11-24-4)13(3)22/h5-11,21,25-26H,1,22H2,2-4H3,(H2,23,27). The van der Waals surface area contributed by atoms with Gasteiger partial charge in [-0.25, -0.2) is 4.99 Å². The zero-order chi connectivity index (χ0) is 20.0. The first-order valence-corrected chi connectivity index (χ1v) is 8.34. The molecule has 0 radical (unpaired) electrons. The largest absolute Gasteiger partial charge is 0.402 e. The van der Waals surface area contributed by atoms with Crippen molar-refractivity contribution in [1.82, 2.24) is 10.6 Å². The summed E-state index contributed by atoms with van der Waals surface area (Å²) in [6.07, 6.45) is 12.1. The number of dihydropyridines is 2. The van der Waals surface area contributed by atoms with E-state index in [2.05, 4.69) is 27.2 Å². The van der Waals surface area contributed by atoms with Crippen LogP contribution in [0.25, 0.3) is 0 Å². The minimum atomic E-state index is 0.281. The smallest absolute Gasteiger partial charge is 0.132 e. The number of allylic oxidation sites excluding steroid dienone is 8. The summed E-state index contributed by atoms with van der Waals surface area (Å²) in [5.74, 6) is 0.871. The summed E-state index contributed by atoms with van der Waals surface area (Å²) in [5, 5.41) is 13.9. The van der Waals surface area contributed by atoms with E-state index in [4.69, 9.17) is 16.9 Å². The van der Waals surface area contributed by atoms with Gasteiger partial charge in [0.05, 0.1) is 11.4 Å². The predicted octanol–water partition coefficient (Wildman–Crippen LogP) is 2.13. The highest BCUT2D eigenvalue weighted by molar-refractivity contribution is 5.99. The molecule has 2 rings (SSSR count). The molecule has 27 heavy (non-hydrogen) atoms. The molecule has 2 aliphatic heterocycles. The van der Waals surface area contributed by atoms with Crippen molar-refractivity contribution >= 4 is 18.3 Å². The monoisotopic (exact) mass is 363 g/mol. The molecule has 0 unspecified atom stereocenters. The molecule has 0 saturated heterocycles. The van der Waals surface area contributed by atoms with Crippen LogP contribution >= 0.6 is 0 Å². The average molecular weight is 363 g/mol. The van der Waals surface area contributed by atoms with Crippen molar-refractivity contribution in [3.8, 4) is 0 Å². The Morgan fingerprint density at radius 3 is 2.56 bits per heavy atom. The fourth-order valence-electron chi connectivity index (χ4n) is 2.46. The lowest BCUT2D eigenvalue weighted by atomic mass is 10.0. The van der Waals surface area contributed by atoms with Crippen molar-refractivity contribution in [2.24, 2.45) is 21.5 Å². The molecule has 0 atom stereocenters. The normalized spacial score (nSPS) is 18.2. The highest BCUT2D eigenvalue weighted by Gasteiger charge is 2.17. The van der Waals surface area contributed by atoms with Gasteiger partial charge in [-0.2, -0.15) is 0 Å². The van der Waals surface area contributed by atoms with E-state index in [1.165, 1.54) is 6.21 Å². The molecule has 7 N–H and O–H groups in total. The first-order valence-electron chi connectivity index (χ1n) is 8.34. The van der Waals surface area contributed by atoms with E-state index in [0.717, 1.165) is 28.1 Å². The lowest BCUT2D eigenvalue weighted by molar-refractivity contribution is 0.875. The van der Waals surface area contributed by atoms with Crippen LogP contribution in [0.3, 0.4) is 0 Å². The summed E-state index contributed by atoms with van der Waals surface area (Å²) in [5.41, 5.74) is 17.5. The molecule has 0 spiro atoms. The Hall–Kier alpha value is -3.61. The van der Waals surface area contributed by atoms with E-state index in [9.17, 15) is 0 Å². The molecular formula is C20H25N7. The van der Waals surface area contributed by atoms with Gasteiger partial charge in [0.25, 0.3) is 0 Å². The molecule has 0 bridgehead atoms. The Morgan fingerprint density at radius 1 is 1.22 bits per heavy atom. The first-order chi connectivity index (χ1) is 12.8. The number of fused-ring (bicyclic) bond motifs is 1. The van der Waals surface area contributed by atoms with Crippen LogP contribution in [0.15, 0.2) is 92.3 Å². The maximum atomic E-state index is 7.40. The quantitative estimate of drug-likeness (QED) is 0.282. The molecule has 0 fully saturated rings. The maximum absolute atomic E-state index is 7.40. The van der Waals surface area contributed by atoms with Crippen LogP contribution in [0.4, 0.5) is 0 Å². The molecule has 7 heteroatoms. The second-order valence-electron chi connectivity index (χ2n) is 6.10. The van der Waals surface area contributed by atoms with Crippen LogP contribution in [0.1, 0.15) is 13.8 Å². The van der Waals surface area contributed by atoms with Gasteiger partial charge in [0.2, 0.25) is 0 Å². The molecule has 0 aromatic heterocycles. The third kappa shape index (κ3) is 4.94. The molecule has 7 nitrogen and oxygen atoms in total. The third-order valence-corrected chi connectivity index (χ3v) is 3.84. The van der Waals surface area contributed by atoms with Crippen LogP contribution in [-0.2, 0) is 0 Å². The number of hydrogen-bond donors (Lipinski definition) is 5. The van der Waals surface area contributed by atoms with Crippen LogP contribution in [0.2, 0.25) is 0 Å². The predicted molar refractivity (Wildman–Crippen MR) is 113 cm³/mol. The Morgan fingerprint density at radius 2 is 1.96 bits per heavy atom. The summed E-state index contributed by atoms with van der Waals surface area (Å²) < 4.78 is 0. The Balaban J connectivity index is 2.28. The van der Waals surface area contributed by atoms with Gasteiger partial charge in [-0.1, -0.05) is 6.58 Å². The van der Waals surface area contributed by atoms with Gasteiger partial charge in [0, 0.05) is 42.5 Å². The van der Waals surface area contributed by atoms with Gasteiger partial charge in [0.1, 0.15) is 11.7 Å². The second-order valence-corrected chi connectivity index (χ2v) is 6.10. The topological polar surface area (TPSA) is 125 Å². The van der Waals surface area contributed by atoms with Gasteiger partial charge in [0.15, 0.2) is 0 Å². The molecule has 0 aromatic rings. The summed E-state index contributed by atoms with van der Waals surface area (Å²) in [6.45, 7) is 7.46. The van der Waals surface area contributed by atoms with Crippen molar-refractivity contribution in [3.05, 3.63) is 82.3 Å². The fraction of sp³-hybridized carbons (Fsp3) is 0.150. The average Bonchev–Trinajstić information content (AvgIpc) is 2.63. The second kappa shape index (κ2) is 8.66. The van der Waals surface area contributed by atoms with E-state index >= 15 is 0 Å². The van der Waals surface area contributed by atoms with Gasteiger partial charge in [-0.3, -0.25) is 4.99 Å². The third-order valence-electron chi connectivity index (χ3n) is 3.84. The maximum Gasteiger partial charge on any atom is 0.132 e. The van der Waals surface area contributed by atoms with E-state index in [-0.39, 0.29) is 5.84 Å². The first kappa shape index (κ1) is 19.7. The van der Waals surface area contributed by atoms with Gasteiger partial charge in [-0.05, 0) is 49.3 Å². The Labute approximate surface area is 159 Å². The van der Waals surface area contributed by atoms with Crippen LogP contribution in [-0.4, -0.2) is 25.3 Å². The van der Waals surface area contributed by atoms with Crippen molar-refractivity contribution in [2.75, 3.05) is 7.05 Å². The minimum Gasteiger partial charge on any atom is -0.402 e. The molecule has 2 heterocycles. The lowest BCUT2D eigenvalue weighted by Crippen LogP contribution is -2.27. The Kier molecular flexibility index (Phi) is 6.32. The number of nitrogens with two attached hydrogens (primary N) is 2. The highest BCUT2D eigenvalue weighted by atomic mass is 15.1. The molecule has 2 aliphatic rings. The van der Waals surface area contributed by atoms with E-state index < -0.39 is 0 Å². The number of amidine groups is 1. The SMILES string of the molecule is C=C(C)C(C=N)=CC(N)=NC1=CC=C2NC=C(C(C=NC)=C(C)N)C=C2N1. The molecule has 0 amide bonds. The van der Waals surface area contributed by atoms with Crippen LogP contribution in [0.5, 0.6) is 0 Å². The Bertz CT molecular complexity index is 899. The summed E-state index contributed by atoms with van der Waals surface area (Å²) >= 11 is 0. The molecule has 0 aliphatic carbocycles. The number of nitrogens with one attached hydrogen (secondary N) is 3. The van der Waals surface area contributed by atoms with Gasteiger partial charge >= 0.3 is 0 Å². The minimum absolute atomic E-state index is 0.281. The zero-order valence-electron chi connectivity index (χ0n) is 15.8. The van der Waals surface area contributed by atoms with Crippen molar-refractivity contribution < 1.29 is 0 Å². The van der Waals surface area contributed by atoms with E-state index in [1.54, 1.807) is 19.3 Å². The number of rotatable bonds is 6. The number of nitrogens with zero attached hydrogens (tertiary/aromatic N) is 2. The van der Waals surface area contributed by atoms with Crippen molar-refractivity contribution in [2.45, 2.75) is 13.8 Å². The van der Waals surface area contributed by atoms with E-state index in [0.29, 0.717) is 17.1 Å². The van der Waals surface area contributed by atoms with E-state index in [1.807, 2.05) is 38.3 Å².